The zero-order chi connectivity index (χ0) is 19.5. The van der Waals surface area contributed by atoms with Crippen molar-refractivity contribution in [2.24, 2.45) is 0 Å². The van der Waals surface area contributed by atoms with Crippen LogP contribution >= 0.6 is 15.9 Å². The summed E-state index contributed by atoms with van der Waals surface area (Å²) in [5, 5.41) is 2.93. The van der Waals surface area contributed by atoms with Gasteiger partial charge in [-0.25, -0.2) is 4.98 Å². The van der Waals surface area contributed by atoms with Crippen LogP contribution in [0.4, 0.5) is 5.69 Å². The van der Waals surface area contributed by atoms with Crippen LogP contribution in [0, 0.1) is 0 Å². The molecule has 5 nitrogen and oxygen atoms in total. The minimum absolute atomic E-state index is 0.119. The number of hydrogen-bond donors (Lipinski definition) is 1. The number of carbonyl (C=O) groups excluding carboxylic acids is 1. The minimum atomic E-state index is -0.119. The van der Waals surface area contributed by atoms with Crippen molar-refractivity contribution >= 4 is 38.6 Å². The number of hydrogen-bond acceptors (Lipinski definition) is 3. The topological polar surface area (TPSA) is 56.1 Å². The third-order valence-corrected chi connectivity index (χ3v) is 4.96. The van der Waals surface area contributed by atoms with Gasteiger partial charge < -0.3 is 14.6 Å². The van der Waals surface area contributed by atoms with Crippen molar-refractivity contribution in [3.63, 3.8) is 0 Å². The van der Waals surface area contributed by atoms with Crippen LogP contribution in [-0.4, -0.2) is 22.6 Å². The largest absolute Gasteiger partial charge is 0.497 e. The molecule has 0 unspecified atom stereocenters. The van der Waals surface area contributed by atoms with E-state index >= 15 is 0 Å². The number of nitrogens with one attached hydrogen (secondary N) is 1. The summed E-state index contributed by atoms with van der Waals surface area (Å²) >= 11 is 3.46. The zero-order valence-electron chi connectivity index (χ0n) is 15.2. The van der Waals surface area contributed by atoms with Gasteiger partial charge in [-0.15, -0.1) is 0 Å². The van der Waals surface area contributed by atoms with E-state index < -0.39 is 0 Å². The highest BCUT2D eigenvalue weighted by molar-refractivity contribution is 9.10. The monoisotopic (exact) mass is 435 g/mol. The molecule has 6 heteroatoms. The quantitative estimate of drug-likeness (QED) is 0.473. The lowest BCUT2D eigenvalue weighted by Crippen LogP contribution is -2.19. The van der Waals surface area contributed by atoms with Crippen LogP contribution in [-0.2, 0) is 11.3 Å². The molecule has 1 amide bonds. The Morgan fingerprint density at radius 2 is 1.75 bits per heavy atom. The van der Waals surface area contributed by atoms with E-state index in [1.54, 1.807) is 7.11 Å². The van der Waals surface area contributed by atoms with Crippen LogP contribution in [0.2, 0.25) is 0 Å². The van der Waals surface area contributed by atoms with E-state index in [1.165, 1.54) is 0 Å². The number of fused-ring (bicyclic) bond motifs is 1. The van der Waals surface area contributed by atoms with Gasteiger partial charge in [0, 0.05) is 15.7 Å². The van der Waals surface area contributed by atoms with Gasteiger partial charge in [-0.05, 0) is 48.5 Å². The molecule has 0 saturated carbocycles. The Morgan fingerprint density at radius 1 is 1.04 bits per heavy atom. The summed E-state index contributed by atoms with van der Waals surface area (Å²) in [7, 11) is 1.61. The molecule has 1 heterocycles. The number of rotatable bonds is 5. The highest BCUT2D eigenvalue weighted by Gasteiger charge is 2.15. The highest BCUT2D eigenvalue weighted by Crippen LogP contribution is 2.26. The summed E-state index contributed by atoms with van der Waals surface area (Å²) in [4.78, 5) is 17.5. The molecule has 0 spiro atoms. The van der Waals surface area contributed by atoms with Crippen LogP contribution < -0.4 is 10.1 Å². The highest BCUT2D eigenvalue weighted by atomic mass is 79.9. The van der Waals surface area contributed by atoms with Crippen molar-refractivity contribution in [3.8, 4) is 17.1 Å². The van der Waals surface area contributed by atoms with Gasteiger partial charge in [0.2, 0.25) is 5.91 Å². The standard InChI is InChI=1S/C22H18BrN3O2/c1-28-18-12-10-17(11-13-18)24-21(27)14-26-20-5-3-2-4-19(20)25-22(26)15-6-8-16(23)9-7-15/h2-13H,14H2,1H3,(H,24,27). The number of halogens is 1. The summed E-state index contributed by atoms with van der Waals surface area (Å²) in [5.74, 6) is 1.39. The van der Waals surface area contributed by atoms with E-state index in [0.717, 1.165) is 38.3 Å². The Labute approximate surface area is 171 Å². The summed E-state index contributed by atoms with van der Waals surface area (Å²) in [6.45, 7) is 0.165. The molecule has 0 bridgehead atoms. The fourth-order valence-electron chi connectivity index (χ4n) is 3.07. The van der Waals surface area contributed by atoms with Gasteiger partial charge in [-0.3, -0.25) is 4.79 Å². The molecule has 0 fully saturated rings. The lowest BCUT2D eigenvalue weighted by molar-refractivity contribution is -0.116. The first-order valence-corrected chi connectivity index (χ1v) is 9.58. The number of imidazole rings is 1. The molecule has 0 aliphatic carbocycles. The number of para-hydroxylation sites is 2. The second-order valence-electron chi connectivity index (χ2n) is 6.29. The van der Waals surface area contributed by atoms with Gasteiger partial charge in [0.05, 0.1) is 18.1 Å². The van der Waals surface area contributed by atoms with Gasteiger partial charge in [0.1, 0.15) is 18.1 Å². The maximum atomic E-state index is 12.7. The molecule has 1 aromatic heterocycles. The van der Waals surface area contributed by atoms with Gasteiger partial charge in [-0.2, -0.15) is 0 Å². The van der Waals surface area contributed by atoms with Crippen molar-refractivity contribution in [3.05, 3.63) is 77.3 Å². The molecule has 0 aliphatic rings. The van der Waals surface area contributed by atoms with E-state index in [4.69, 9.17) is 9.72 Å². The lowest BCUT2D eigenvalue weighted by Gasteiger charge is -2.11. The molecular formula is C22H18BrN3O2. The van der Waals surface area contributed by atoms with E-state index in [9.17, 15) is 4.79 Å². The first kappa shape index (κ1) is 18.3. The maximum Gasteiger partial charge on any atom is 0.244 e. The average molecular weight is 436 g/mol. The van der Waals surface area contributed by atoms with Crippen molar-refractivity contribution in [2.45, 2.75) is 6.54 Å². The predicted octanol–water partition coefficient (Wildman–Crippen LogP) is 5.11. The molecular weight excluding hydrogens is 418 g/mol. The summed E-state index contributed by atoms with van der Waals surface area (Å²) in [6, 6.07) is 23.0. The molecule has 4 rings (SSSR count). The first-order chi connectivity index (χ1) is 13.6. The third-order valence-electron chi connectivity index (χ3n) is 4.43. The van der Waals surface area contributed by atoms with E-state index in [2.05, 4.69) is 21.2 Å². The minimum Gasteiger partial charge on any atom is -0.497 e. The Morgan fingerprint density at radius 3 is 2.46 bits per heavy atom. The molecule has 4 aromatic rings. The second-order valence-corrected chi connectivity index (χ2v) is 7.21. The maximum absolute atomic E-state index is 12.7. The molecule has 3 aromatic carbocycles. The van der Waals surface area contributed by atoms with E-state index in [0.29, 0.717) is 0 Å². The van der Waals surface area contributed by atoms with Crippen molar-refractivity contribution in [2.75, 3.05) is 12.4 Å². The van der Waals surface area contributed by atoms with E-state index in [1.807, 2.05) is 77.4 Å². The molecule has 0 saturated heterocycles. The van der Waals surface area contributed by atoms with Crippen molar-refractivity contribution in [1.29, 1.82) is 0 Å². The lowest BCUT2D eigenvalue weighted by atomic mass is 10.2. The van der Waals surface area contributed by atoms with Gasteiger partial charge in [0.15, 0.2) is 0 Å². The van der Waals surface area contributed by atoms with Crippen LogP contribution in [0.25, 0.3) is 22.4 Å². The Hall–Kier alpha value is -3.12. The number of carbonyl (C=O) groups is 1. The number of anilines is 1. The smallest absolute Gasteiger partial charge is 0.244 e. The Kier molecular flexibility index (Phi) is 5.12. The van der Waals surface area contributed by atoms with Crippen LogP contribution in [0.5, 0.6) is 5.75 Å². The average Bonchev–Trinajstić information content (AvgIpc) is 3.07. The number of aromatic nitrogens is 2. The van der Waals surface area contributed by atoms with Gasteiger partial charge in [-0.1, -0.05) is 40.2 Å². The molecule has 140 valence electrons. The number of methoxy groups -OCH3 is 1. The van der Waals surface area contributed by atoms with Crippen LogP contribution in [0.15, 0.2) is 77.3 Å². The molecule has 1 N–H and O–H groups in total. The summed E-state index contributed by atoms with van der Waals surface area (Å²) in [5.41, 5.74) is 3.46. The van der Waals surface area contributed by atoms with Crippen LogP contribution in [0.1, 0.15) is 0 Å². The Balaban J connectivity index is 1.65. The number of nitrogens with zero attached hydrogens (tertiary/aromatic N) is 2. The molecule has 0 atom stereocenters. The van der Waals surface area contributed by atoms with Crippen molar-refractivity contribution in [1.82, 2.24) is 9.55 Å². The fourth-order valence-corrected chi connectivity index (χ4v) is 3.34. The van der Waals surface area contributed by atoms with Gasteiger partial charge >= 0.3 is 0 Å². The fraction of sp³-hybridized carbons (Fsp3) is 0.0909. The number of benzene rings is 3. The zero-order valence-corrected chi connectivity index (χ0v) is 16.8. The SMILES string of the molecule is COc1ccc(NC(=O)Cn2c(-c3ccc(Br)cc3)nc3ccccc32)cc1. The summed E-state index contributed by atoms with van der Waals surface area (Å²) in [6.07, 6.45) is 0. The van der Waals surface area contributed by atoms with Gasteiger partial charge in [0.25, 0.3) is 0 Å². The summed E-state index contributed by atoms with van der Waals surface area (Å²) < 4.78 is 8.09. The van der Waals surface area contributed by atoms with Crippen LogP contribution in [0.3, 0.4) is 0 Å². The first-order valence-electron chi connectivity index (χ1n) is 8.79. The molecule has 0 aliphatic heterocycles. The van der Waals surface area contributed by atoms with Crippen molar-refractivity contribution < 1.29 is 9.53 Å². The number of ether oxygens (including phenoxy) is 1. The third kappa shape index (κ3) is 3.77. The predicted molar refractivity (Wildman–Crippen MR) is 114 cm³/mol. The van der Waals surface area contributed by atoms with E-state index in [-0.39, 0.29) is 12.5 Å². The number of amides is 1. The normalized spacial score (nSPS) is 10.8. The molecule has 28 heavy (non-hydrogen) atoms. The Bertz CT molecular complexity index is 1120. The second kappa shape index (κ2) is 7.86. The molecule has 0 radical (unpaired) electrons.